The van der Waals surface area contributed by atoms with E-state index in [0.717, 1.165) is 12.3 Å². The van der Waals surface area contributed by atoms with Gasteiger partial charge in [0.25, 0.3) is 0 Å². The third-order valence-electron chi connectivity index (χ3n) is 2.22. The highest BCUT2D eigenvalue weighted by atomic mass is 35.5. The average molecular weight is 208 g/mol. The highest BCUT2D eigenvalue weighted by Crippen LogP contribution is 2.35. The van der Waals surface area contributed by atoms with Crippen LogP contribution in [0.25, 0.3) is 0 Å². The van der Waals surface area contributed by atoms with Gasteiger partial charge >= 0.3 is 5.97 Å². The van der Waals surface area contributed by atoms with Crippen molar-refractivity contribution in [3.05, 3.63) is 0 Å². The van der Waals surface area contributed by atoms with Gasteiger partial charge < -0.3 is 10.5 Å². The van der Waals surface area contributed by atoms with Gasteiger partial charge in [0.1, 0.15) is 0 Å². The fraction of sp³-hybridized carbons (Fsp3) is 0.889. The van der Waals surface area contributed by atoms with Crippen molar-refractivity contribution in [2.75, 3.05) is 13.2 Å². The van der Waals surface area contributed by atoms with E-state index >= 15 is 0 Å². The van der Waals surface area contributed by atoms with E-state index in [4.69, 9.17) is 10.5 Å². The summed E-state index contributed by atoms with van der Waals surface area (Å²) < 4.78 is 4.90. The summed E-state index contributed by atoms with van der Waals surface area (Å²) >= 11 is 0. The second kappa shape index (κ2) is 6.22. The van der Waals surface area contributed by atoms with Crippen LogP contribution in [0.5, 0.6) is 0 Å². The highest BCUT2D eigenvalue weighted by molar-refractivity contribution is 5.85. The number of hydrogen-bond donors (Lipinski definition) is 1. The largest absolute Gasteiger partial charge is 0.466 e. The minimum absolute atomic E-state index is 0. The van der Waals surface area contributed by atoms with Gasteiger partial charge in [-0.1, -0.05) is 12.8 Å². The Labute approximate surface area is 85.4 Å². The van der Waals surface area contributed by atoms with E-state index in [1.807, 2.05) is 6.92 Å². The van der Waals surface area contributed by atoms with E-state index in [0.29, 0.717) is 13.2 Å². The molecule has 0 saturated heterocycles. The number of carbonyl (C=O) groups excluding carboxylic acids is 1. The number of halogens is 1. The van der Waals surface area contributed by atoms with E-state index in [1.165, 1.54) is 12.8 Å². The molecular weight excluding hydrogens is 190 g/mol. The summed E-state index contributed by atoms with van der Waals surface area (Å²) in [7, 11) is 0. The minimum atomic E-state index is -0.119. The molecule has 0 bridgehead atoms. The van der Waals surface area contributed by atoms with Gasteiger partial charge in [-0.3, -0.25) is 4.79 Å². The van der Waals surface area contributed by atoms with Crippen LogP contribution in [0.2, 0.25) is 0 Å². The fourth-order valence-corrected chi connectivity index (χ4v) is 1.30. The molecule has 0 aromatic carbocycles. The van der Waals surface area contributed by atoms with Gasteiger partial charge in [0.15, 0.2) is 0 Å². The maximum Gasteiger partial charge on any atom is 0.310 e. The molecule has 1 atom stereocenters. The van der Waals surface area contributed by atoms with Crippen molar-refractivity contribution in [3.63, 3.8) is 0 Å². The Kier molecular flexibility index (Phi) is 6.08. The molecule has 13 heavy (non-hydrogen) atoms. The first-order valence-corrected chi connectivity index (χ1v) is 4.64. The average Bonchev–Trinajstić information content (AvgIpc) is 2.84. The summed E-state index contributed by atoms with van der Waals surface area (Å²) in [4.78, 5) is 11.2. The lowest BCUT2D eigenvalue weighted by Crippen LogP contribution is -2.26. The molecule has 0 heterocycles. The Bertz CT molecular complexity index is 160. The lowest BCUT2D eigenvalue weighted by molar-refractivity contribution is -0.148. The van der Waals surface area contributed by atoms with Gasteiger partial charge in [0.05, 0.1) is 12.5 Å². The topological polar surface area (TPSA) is 52.3 Å². The number of nitrogens with two attached hydrogens (primary N) is 1. The second-order valence-corrected chi connectivity index (χ2v) is 3.36. The van der Waals surface area contributed by atoms with Crippen LogP contribution in [0.4, 0.5) is 0 Å². The molecular formula is C9H18ClNO2. The lowest BCUT2D eigenvalue weighted by atomic mass is 10.0. The van der Waals surface area contributed by atoms with E-state index in [-0.39, 0.29) is 24.3 Å². The first kappa shape index (κ1) is 12.7. The van der Waals surface area contributed by atoms with Gasteiger partial charge in [-0.25, -0.2) is 0 Å². The number of carbonyl (C=O) groups is 1. The van der Waals surface area contributed by atoms with E-state index in [2.05, 4.69) is 0 Å². The molecule has 1 unspecified atom stereocenters. The molecule has 0 aliphatic heterocycles. The molecule has 0 radical (unpaired) electrons. The predicted octanol–water partition coefficient (Wildman–Crippen LogP) is 1.35. The molecule has 0 aromatic rings. The van der Waals surface area contributed by atoms with Crippen LogP contribution in [0, 0.1) is 11.8 Å². The summed E-state index contributed by atoms with van der Waals surface area (Å²) in [6.45, 7) is 2.71. The normalized spacial score (nSPS) is 17.4. The van der Waals surface area contributed by atoms with Crippen LogP contribution in [0.3, 0.4) is 0 Å². The molecule has 2 N–H and O–H groups in total. The van der Waals surface area contributed by atoms with Crippen molar-refractivity contribution in [1.29, 1.82) is 0 Å². The van der Waals surface area contributed by atoms with Crippen LogP contribution in [-0.2, 0) is 9.53 Å². The quantitative estimate of drug-likeness (QED) is 0.693. The van der Waals surface area contributed by atoms with Gasteiger partial charge in [-0.05, 0) is 19.3 Å². The van der Waals surface area contributed by atoms with Gasteiger partial charge in [0.2, 0.25) is 0 Å². The van der Waals surface area contributed by atoms with Crippen molar-refractivity contribution in [3.8, 4) is 0 Å². The summed E-state index contributed by atoms with van der Waals surface area (Å²) in [6.07, 6.45) is 3.45. The Morgan fingerprint density at radius 2 is 2.23 bits per heavy atom. The Hall–Kier alpha value is -0.280. The number of ether oxygens (including phenoxy) is 1. The van der Waals surface area contributed by atoms with Crippen molar-refractivity contribution >= 4 is 18.4 Å². The summed E-state index contributed by atoms with van der Waals surface area (Å²) in [5, 5.41) is 0. The van der Waals surface area contributed by atoms with E-state index < -0.39 is 0 Å². The van der Waals surface area contributed by atoms with E-state index in [9.17, 15) is 4.79 Å². The molecule has 0 spiro atoms. The third-order valence-corrected chi connectivity index (χ3v) is 2.22. The van der Waals surface area contributed by atoms with Crippen molar-refractivity contribution in [2.45, 2.75) is 26.2 Å². The monoisotopic (exact) mass is 207 g/mol. The zero-order valence-electron chi connectivity index (χ0n) is 7.99. The number of hydrogen-bond acceptors (Lipinski definition) is 3. The maximum absolute atomic E-state index is 11.2. The molecule has 1 saturated carbocycles. The zero-order valence-corrected chi connectivity index (χ0v) is 8.81. The molecule has 1 fully saturated rings. The first-order valence-electron chi connectivity index (χ1n) is 4.64. The summed E-state index contributed by atoms with van der Waals surface area (Å²) in [5.74, 6) is 0.562. The minimum Gasteiger partial charge on any atom is -0.466 e. The third kappa shape index (κ3) is 4.48. The number of rotatable bonds is 5. The van der Waals surface area contributed by atoms with Crippen LogP contribution in [0.1, 0.15) is 26.2 Å². The smallest absolute Gasteiger partial charge is 0.310 e. The van der Waals surface area contributed by atoms with Gasteiger partial charge in [-0.2, -0.15) is 0 Å². The standard InChI is InChI=1S/C9H17NO2.ClH/c1-2-12-9(11)8(6-10)5-7-3-4-7;/h7-8H,2-6,10H2,1H3;1H. The van der Waals surface area contributed by atoms with Crippen LogP contribution < -0.4 is 5.73 Å². The molecule has 0 aromatic heterocycles. The van der Waals surface area contributed by atoms with Crippen molar-refractivity contribution in [1.82, 2.24) is 0 Å². The Morgan fingerprint density at radius 1 is 1.62 bits per heavy atom. The van der Waals surface area contributed by atoms with Gasteiger partial charge in [-0.15, -0.1) is 12.4 Å². The SMILES string of the molecule is CCOC(=O)C(CN)CC1CC1.Cl. The highest BCUT2D eigenvalue weighted by Gasteiger charge is 2.28. The zero-order chi connectivity index (χ0) is 8.97. The fourth-order valence-electron chi connectivity index (χ4n) is 1.30. The van der Waals surface area contributed by atoms with E-state index in [1.54, 1.807) is 0 Å². The lowest BCUT2D eigenvalue weighted by Gasteiger charge is -2.11. The molecule has 0 amide bonds. The first-order chi connectivity index (χ1) is 5.77. The van der Waals surface area contributed by atoms with Crippen LogP contribution in [-0.4, -0.2) is 19.1 Å². The maximum atomic E-state index is 11.2. The molecule has 1 aliphatic carbocycles. The molecule has 78 valence electrons. The predicted molar refractivity (Wildman–Crippen MR) is 53.8 cm³/mol. The summed E-state index contributed by atoms with van der Waals surface area (Å²) in [5.41, 5.74) is 5.48. The Morgan fingerprint density at radius 3 is 2.62 bits per heavy atom. The molecule has 4 heteroatoms. The van der Waals surface area contributed by atoms with Crippen molar-refractivity contribution in [2.24, 2.45) is 17.6 Å². The molecule has 1 aliphatic rings. The second-order valence-electron chi connectivity index (χ2n) is 3.36. The van der Waals surface area contributed by atoms with Crippen molar-refractivity contribution < 1.29 is 9.53 Å². The number of esters is 1. The molecule has 1 rings (SSSR count). The summed E-state index contributed by atoms with van der Waals surface area (Å²) in [6, 6.07) is 0. The van der Waals surface area contributed by atoms with Gasteiger partial charge in [0, 0.05) is 6.54 Å². The van der Waals surface area contributed by atoms with Crippen LogP contribution in [0.15, 0.2) is 0 Å². The molecule has 3 nitrogen and oxygen atoms in total. The van der Waals surface area contributed by atoms with Crippen LogP contribution >= 0.6 is 12.4 Å². The Balaban J connectivity index is 0.00000144.